The summed E-state index contributed by atoms with van der Waals surface area (Å²) in [5.41, 5.74) is 0. The second kappa shape index (κ2) is 6.18. The molecular weight excluding hydrogens is 176 g/mol. The first-order valence-corrected chi connectivity index (χ1v) is 5.84. The van der Waals surface area contributed by atoms with E-state index in [9.17, 15) is 4.79 Å². The van der Waals surface area contributed by atoms with Crippen molar-refractivity contribution in [3.63, 3.8) is 0 Å². The van der Waals surface area contributed by atoms with Crippen molar-refractivity contribution in [2.75, 3.05) is 6.61 Å². The highest BCUT2D eigenvalue weighted by atomic mass is 16.5. The number of carbonyl (C=O) groups is 1. The largest absolute Gasteiger partial charge is 0.379 e. The summed E-state index contributed by atoms with van der Waals surface area (Å²) in [4.78, 5) is 11.6. The second-order valence-corrected chi connectivity index (χ2v) is 4.47. The van der Waals surface area contributed by atoms with Crippen LogP contribution in [0.25, 0.3) is 0 Å². The van der Waals surface area contributed by atoms with Crippen LogP contribution in [0.5, 0.6) is 0 Å². The SMILES string of the molecule is CC(C)OCCC1CCCCCC1=O. The van der Waals surface area contributed by atoms with Crippen LogP contribution in [0.15, 0.2) is 0 Å². The Balaban J connectivity index is 2.23. The Bertz CT molecular complexity index is 175. The zero-order chi connectivity index (χ0) is 10.4. The highest BCUT2D eigenvalue weighted by Gasteiger charge is 2.20. The quantitative estimate of drug-likeness (QED) is 0.649. The van der Waals surface area contributed by atoms with E-state index < -0.39 is 0 Å². The van der Waals surface area contributed by atoms with E-state index in [4.69, 9.17) is 4.74 Å². The summed E-state index contributed by atoms with van der Waals surface area (Å²) in [5.74, 6) is 0.756. The average molecular weight is 198 g/mol. The Labute approximate surface area is 87.0 Å². The van der Waals surface area contributed by atoms with Crippen molar-refractivity contribution in [2.24, 2.45) is 5.92 Å². The Hall–Kier alpha value is -0.370. The Morgan fingerprint density at radius 2 is 2.14 bits per heavy atom. The van der Waals surface area contributed by atoms with Crippen LogP contribution in [-0.4, -0.2) is 18.5 Å². The first-order valence-electron chi connectivity index (χ1n) is 5.84. The minimum absolute atomic E-state index is 0.288. The molecule has 0 aromatic heterocycles. The van der Waals surface area contributed by atoms with Gasteiger partial charge in [-0.25, -0.2) is 0 Å². The topological polar surface area (TPSA) is 26.3 Å². The van der Waals surface area contributed by atoms with Crippen LogP contribution >= 0.6 is 0 Å². The number of carbonyl (C=O) groups excluding carboxylic acids is 1. The zero-order valence-electron chi connectivity index (χ0n) is 9.42. The van der Waals surface area contributed by atoms with E-state index in [-0.39, 0.29) is 12.0 Å². The standard InChI is InChI=1S/C12H22O2/c1-10(2)14-9-8-11-6-4-3-5-7-12(11)13/h10-11H,3-9H2,1-2H3. The van der Waals surface area contributed by atoms with E-state index >= 15 is 0 Å². The fourth-order valence-corrected chi connectivity index (χ4v) is 1.98. The molecule has 0 heterocycles. The second-order valence-electron chi connectivity index (χ2n) is 4.47. The molecule has 1 atom stereocenters. The van der Waals surface area contributed by atoms with Crippen molar-refractivity contribution >= 4 is 5.78 Å². The maximum atomic E-state index is 11.6. The van der Waals surface area contributed by atoms with Crippen LogP contribution in [0.4, 0.5) is 0 Å². The van der Waals surface area contributed by atoms with E-state index in [1.165, 1.54) is 12.8 Å². The molecule has 0 amide bonds. The molecule has 0 aromatic rings. The number of hydrogen-bond acceptors (Lipinski definition) is 2. The lowest BCUT2D eigenvalue weighted by Crippen LogP contribution is -2.16. The molecule has 1 aliphatic rings. The molecule has 0 aliphatic heterocycles. The van der Waals surface area contributed by atoms with Gasteiger partial charge in [0.25, 0.3) is 0 Å². The van der Waals surface area contributed by atoms with Crippen molar-refractivity contribution in [3.8, 4) is 0 Å². The monoisotopic (exact) mass is 198 g/mol. The van der Waals surface area contributed by atoms with Gasteiger partial charge in [-0.2, -0.15) is 0 Å². The first-order chi connectivity index (χ1) is 6.70. The van der Waals surface area contributed by atoms with Gasteiger partial charge in [0.1, 0.15) is 5.78 Å². The van der Waals surface area contributed by atoms with Crippen LogP contribution in [0.2, 0.25) is 0 Å². The molecule has 1 unspecified atom stereocenters. The minimum Gasteiger partial charge on any atom is -0.379 e. The van der Waals surface area contributed by atoms with Gasteiger partial charge in [-0.15, -0.1) is 0 Å². The molecular formula is C12H22O2. The molecule has 0 N–H and O–H groups in total. The lowest BCUT2D eigenvalue weighted by molar-refractivity contribution is -0.123. The van der Waals surface area contributed by atoms with Crippen molar-refractivity contribution in [1.29, 1.82) is 0 Å². The lowest BCUT2D eigenvalue weighted by atomic mass is 9.96. The van der Waals surface area contributed by atoms with Gasteiger partial charge >= 0.3 is 0 Å². The maximum absolute atomic E-state index is 11.6. The molecule has 14 heavy (non-hydrogen) atoms. The first kappa shape index (κ1) is 11.7. The van der Waals surface area contributed by atoms with E-state index in [1.54, 1.807) is 0 Å². The van der Waals surface area contributed by atoms with Gasteiger partial charge in [-0.05, 0) is 33.1 Å². The summed E-state index contributed by atoms with van der Waals surface area (Å²) in [5, 5.41) is 0. The fourth-order valence-electron chi connectivity index (χ4n) is 1.98. The molecule has 1 fully saturated rings. The van der Waals surface area contributed by atoms with Gasteiger partial charge in [0.2, 0.25) is 0 Å². The Morgan fingerprint density at radius 3 is 2.86 bits per heavy atom. The normalized spacial score (nSPS) is 23.9. The van der Waals surface area contributed by atoms with Gasteiger partial charge in [-0.1, -0.05) is 12.8 Å². The van der Waals surface area contributed by atoms with E-state index in [2.05, 4.69) is 0 Å². The van der Waals surface area contributed by atoms with Gasteiger partial charge < -0.3 is 4.74 Å². The molecule has 82 valence electrons. The summed E-state index contributed by atoms with van der Waals surface area (Å²) in [6, 6.07) is 0. The summed E-state index contributed by atoms with van der Waals surface area (Å²) in [7, 11) is 0. The van der Waals surface area contributed by atoms with Crippen LogP contribution in [0.1, 0.15) is 52.4 Å². The van der Waals surface area contributed by atoms with Gasteiger partial charge in [0.15, 0.2) is 0 Å². The third-order valence-electron chi connectivity index (χ3n) is 2.85. The van der Waals surface area contributed by atoms with Crippen molar-refractivity contribution in [3.05, 3.63) is 0 Å². The van der Waals surface area contributed by atoms with Crippen molar-refractivity contribution < 1.29 is 9.53 Å². The molecule has 0 aromatic carbocycles. The number of rotatable bonds is 4. The van der Waals surface area contributed by atoms with Crippen molar-refractivity contribution in [2.45, 2.75) is 58.5 Å². The molecule has 0 bridgehead atoms. The highest BCUT2D eigenvalue weighted by Crippen LogP contribution is 2.22. The summed E-state index contributed by atoms with van der Waals surface area (Å²) >= 11 is 0. The number of ketones is 1. The smallest absolute Gasteiger partial charge is 0.136 e. The summed E-state index contributed by atoms with van der Waals surface area (Å²) < 4.78 is 5.48. The van der Waals surface area contributed by atoms with E-state index in [0.29, 0.717) is 5.78 Å². The van der Waals surface area contributed by atoms with Crippen LogP contribution < -0.4 is 0 Å². The number of Topliss-reactive ketones (excluding diaryl/α,β-unsaturated/α-hetero) is 1. The fraction of sp³-hybridized carbons (Fsp3) is 0.917. The van der Waals surface area contributed by atoms with E-state index in [0.717, 1.165) is 32.3 Å². The molecule has 0 saturated heterocycles. The highest BCUT2D eigenvalue weighted by molar-refractivity contribution is 5.81. The maximum Gasteiger partial charge on any atom is 0.136 e. The molecule has 1 aliphatic carbocycles. The van der Waals surface area contributed by atoms with Crippen LogP contribution in [0, 0.1) is 5.92 Å². The van der Waals surface area contributed by atoms with Crippen LogP contribution in [-0.2, 0) is 9.53 Å². The van der Waals surface area contributed by atoms with E-state index in [1.807, 2.05) is 13.8 Å². The molecule has 1 rings (SSSR count). The van der Waals surface area contributed by atoms with Gasteiger partial charge in [-0.3, -0.25) is 4.79 Å². The van der Waals surface area contributed by atoms with Gasteiger partial charge in [0, 0.05) is 18.9 Å². The summed E-state index contributed by atoms with van der Waals surface area (Å²) in [6.07, 6.45) is 6.64. The molecule has 2 heteroatoms. The number of ether oxygens (including phenoxy) is 1. The number of hydrogen-bond donors (Lipinski definition) is 0. The summed E-state index contributed by atoms with van der Waals surface area (Å²) in [6.45, 7) is 4.82. The lowest BCUT2D eigenvalue weighted by Gasteiger charge is -2.14. The molecule has 1 saturated carbocycles. The third kappa shape index (κ3) is 4.23. The third-order valence-corrected chi connectivity index (χ3v) is 2.85. The van der Waals surface area contributed by atoms with Crippen LogP contribution in [0.3, 0.4) is 0 Å². The molecule has 0 radical (unpaired) electrons. The average Bonchev–Trinajstić information content (AvgIpc) is 2.31. The van der Waals surface area contributed by atoms with Crippen molar-refractivity contribution in [1.82, 2.24) is 0 Å². The Morgan fingerprint density at radius 1 is 1.36 bits per heavy atom. The molecule has 2 nitrogen and oxygen atoms in total. The van der Waals surface area contributed by atoms with Gasteiger partial charge in [0.05, 0.1) is 6.10 Å². The minimum atomic E-state index is 0.288. The predicted octanol–water partition coefficient (Wildman–Crippen LogP) is 2.95. The zero-order valence-corrected chi connectivity index (χ0v) is 9.42. The molecule has 0 spiro atoms. The Kier molecular flexibility index (Phi) is 5.16. The predicted molar refractivity (Wildman–Crippen MR) is 57.3 cm³/mol.